The van der Waals surface area contributed by atoms with Crippen molar-refractivity contribution < 1.29 is 19.0 Å². The number of ether oxygens (including phenoxy) is 3. The Morgan fingerprint density at radius 1 is 1.02 bits per heavy atom. The number of thiazole rings is 1. The molecule has 7 nitrogen and oxygen atoms in total. The molecule has 0 N–H and O–H groups in total. The number of rotatable bonds is 8. The van der Waals surface area contributed by atoms with Crippen molar-refractivity contribution in [1.82, 2.24) is 4.57 Å². The van der Waals surface area contributed by atoms with Crippen LogP contribution < -0.4 is 29.1 Å². The van der Waals surface area contributed by atoms with Crippen LogP contribution in [0.5, 0.6) is 17.2 Å². The molecule has 1 atom stereocenters. The third kappa shape index (κ3) is 5.57. The number of benzene rings is 4. The summed E-state index contributed by atoms with van der Waals surface area (Å²) >= 11 is 3.53. The summed E-state index contributed by atoms with van der Waals surface area (Å²) in [6, 6.07) is 25.1. The molecule has 0 radical (unpaired) electrons. The molecule has 1 aliphatic rings. The van der Waals surface area contributed by atoms with E-state index in [0.29, 0.717) is 44.5 Å². The largest absolute Gasteiger partial charge is 0.497 e. The van der Waals surface area contributed by atoms with Crippen LogP contribution in [0.1, 0.15) is 36.6 Å². The van der Waals surface area contributed by atoms with Crippen LogP contribution in [0.4, 0.5) is 0 Å². The molecule has 6 rings (SSSR count). The van der Waals surface area contributed by atoms with Crippen LogP contribution in [-0.4, -0.2) is 24.6 Å². The second kappa shape index (κ2) is 12.4. The summed E-state index contributed by atoms with van der Waals surface area (Å²) in [5.41, 5.74) is 3.57. The van der Waals surface area contributed by atoms with Crippen LogP contribution in [0, 0.1) is 3.57 Å². The molecule has 0 spiro atoms. The topological polar surface area (TPSA) is 79.1 Å². The molecule has 1 aliphatic heterocycles. The summed E-state index contributed by atoms with van der Waals surface area (Å²) in [6.07, 6.45) is 1.83. The minimum atomic E-state index is -0.587. The number of hydrogen-bond donors (Lipinski definition) is 0. The Labute approximate surface area is 271 Å². The maximum atomic E-state index is 13.9. The molecule has 5 aromatic rings. The number of methoxy groups -OCH3 is 2. The summed E-state index contributed by atoms with van der Waals surface area (Å²) < 4.78 is 20.3. The number of ketones is 1. The lowest BCUT2D eigenvalue weighted by atomic mass is 9.93. The number of halogens is 1. The van der Waals surface area contributed by atoms with Gasteiger partial charge in [0.15, 0.2) is 22.1 Å². The van der Waals surface area contributed by atoms with Gasteiger partial charge in [0.05, 0.1) is 28.4 Å². The lowest BCUT2D eigenvalue weighted by Crippen LogP contribution is -2.39. The van der Waals surface area contributed by atoms with Crippen molar-refractivity contribution >= 4 is 56.6 Å². The van der Waals surface area contributed by atoms with Crippen LogP contribution in [-0.2, 0) is 11.4 Å². The van der Waals surface area contributed by atoms with Gasteiger partial charge in [0.25, 0.3) is 5.56 Å². The molecule has 44 heavy (non-hydrogen) atoms. The lowest BCUT2D eigenvalue weighted by molar-refractivity contribution is -0.114. The average Bonchev–Trinajstić information content (AvgIpc) is 3.33. The highest BCUT2D eigenvalue weighted by molar-refractivity contribution is 14.1. The molecule has 222 valence electrons. The molecule has 2 heterocycles. The average molecular weight is 717 g/mol. The SMILES string of the molecule is COc1ccc(C2C(C(C)=O)=C(C)N=c3s/c(=C/c4cc(I)c(OCc5cccc6ccccc56)c(OC)c4)c(=O)n32)cc1. The number of Topliss-reactive ketones (excluding diaryl/α,β-unsaturated/α-hetero) is 1. The van der Waals surface area contributed by atoms with E-state index in [9.17, 15) is 9.59 Å². The molecule has 9 heteroatoms. The van der Waals surface area contributed by atoms with Crippen molar-refractivity contribution in [1.29, 1.82) is 0 Å². The van der Waals surface area contributed by atoms with Gasteiger partial charge >= 0.3 is 0 Å². The van der Waals surface area contributed by atoms with Gasteiger partial charge in [0.2, 0.25) is 0 Å². The second-order valence-corrected chi connectivity index (χ2v) is 12.5. The minimum absolute atomic E-state index is 0.125. The van der Waals surface area contributed by atoms with Crippen LogP contribution in [0.15, 0.2) is 99.9 Å². The molecule has 0 saturated heterocycles. The predicted molar refractivity (Wildman–Crippen MR) is 181 cm³/mol. The molecule has 4 aromatic carbocycles. The van der Waals surface area contributed by atoms with Crippen molar-refractivity contribution in [3.63, 3.8) is 0 Å². The maximum Gasteiger partial charge on any atom is 0.271 e. The van der Waals surface area contributed by atoms with E-state index in [1.807, 2.05) is 67.6 Å². The van der Waals surface area contributed by atoms with E-state index in [-0.39, 0.29) is 11.3 Å². The number of fused-ring (bicyclic) bond motifs is 2. The molecule has 1 unspecified atom stereocenters. The van der Waals surface area contributed by atoms with Gasteiger partial charge in [-0.1, -0.05) is 65.9 Å². The fourth-order valence-corrected chi connectivity index (χ4v) is 7.38. The first-order valence-electron chi connectivity index (χ1n) is 13.9. The summed E-state index contributed by atoms with van der Waals surface area (Å²) in [5.74, 6) is 1.78. The van der Waals surface area contributed by atoms with Gasteiger partial charge in [-0.15, -0.1) is 0 Å². The van der Waals surface area contributed by atoms with Crippen LogP contribution in [0.2, 0.25) is 0 Å². The van der Waals surface area contributed by atoms with Gasteiger partial charge < -0.3 is 14.2 Å². The van der Waals surface area contributed by atoms with Gasteiger partial charge in [-0.05, 0) is 94.2 Å². The molecule has 0 saturated carbocycles. The zero-order valence-corrected chi connectivity index (χ0v) is 27.6. The Kier molecular flexibility index (Phi) is 8.42. The number of allylic oxidation sites excluding steroid dienone is 2. The zero-order valence-electron chi connectivity index (χ0n) is 24.6. The van der Waals surface area contributed by atoms with E-state index in [4.69, 9.17) is 14.2 Å². The van der Waals surface area contributed by atoms with Crippen LogP contribution in [0.25, 0.3) is 16.8 Å². The monoisotopic (exact) mass is 716 g/mol. The van der Waals surface area contributed by atoms with Crippen molar-refractivity contribution in [3.8, 4) is 17.2 Å². The normalized spacial score (nSPS) is 14.8. The first-order valence-corrected chi connectivity index (χ1v) is 15.8. The van der Waals surface area contributed by atoms with Gasteiger partial charge in [-0.25, -0.2) is 4.99 Å². The highest BCUT2D eigenvalue weighted by atomic mass is 127. The molecule has 0 aliphatic carbocycles. The van der Waals surface area contributed by atoms with Gasteiger partial charge in [-0.3, -0.25) is 14.2 Å². The second-order valence-electron chi connectivity index (χ2n) is 10.4. The molecular weight excluding hydrogens is 687 g/mol. The molecule has 0 fully saturated rings. The van der Waals surface area contributed by atoms with E-state index in [2.05, 4.69) is 51.8 Å². The maximum absolute atomic E-state index is 13.9. The highest BCUT2D eigenvalue weighted by Crippen LogP contribution is 2.36. The minimum Gasteiger partial charge on any atom is -0.497 e. The van der Waals surface area contributed by atoms with Gasteiger partial charge in [-0.2, -0.15) is 0 Å². The van der Waals surface area contributed by atoms with E-state index < -0.39 is 6.04 Å². The highest BCUT2D eigenvalue weighted by Gasteiger charge is 2.30. The lowest BCUT2D eigenvalue weighted by Gasteiger charge is -2.24. The van der Waals surface area contributed by atoms with E-state index in [1.54, 1.807) is 18.8 Å². The van der Waals surface area contributed by atoms with E-state index >= 15 is 0 Å². The molecule has 0 amide bonds. The Morgan fingerprint density at radius 2 is 1.77 bits per heavy atom. The number of nitrogens with zero attached hydrogens (tertiary/aromatic N) is 2. The van der Waals surface area contributed by atoms with E-state index in [1.165, 1.54) is 18.3 Å². The third-order valence-corrected chi connectivity index (χ3v) is 9.42. The summed E-state index contributed by atoms with van der Waals surface area (Å²) in [6.45, 7) is 3.71. The first kappa shape index (κ1) is 29.8. The standard InChI is InChI=1S/C35H29IN2O5S/c1-20-31(21(2)39)32(24-12-14-26(41-3)15-13-24)38-34(40)30(44-35(38)37-20)18-22-16-28(36)33(29(17-22)42-4)43-19-25-10-7-9-23-8-5-6-11-27(23)25/h5-18,32H,19H2,1-4H3/b30-18+. The van der Waals surface area contributed by atoms with Crippen molar-refractivity contribution in [2.24, 2.45) is 4.99 Å². The number of hydrogen-bond acceptors (Lipinski definition) is 7. The zero-order chi connectivity index (χ0) is 31.0. The predicted octanol–water partition coefficient (Wildman–Crippen LogP) is 6.18. The summed E-state index contributed by atoms with van der Waals surface area (Å²) in [4.78, 5) is 31.9. The fraction of sp³-hybridized carbons (Fsp3) is 0.171. The van der Waals surface area contributed by atoms with E-state index in [0.717, 1.165) is 31.0 Å². The van der Waals surface area contributed by atoms with Gasteiger partial charge in [0, 0.05) is 11.3 Å². The summed E-state index contributed by atoms with van der Waals surface area (Å²) in [5, 5.41) is 2.30. The fourth-order valence-electron chi connectivity index (χ4n) is 5.56. The quantitative estimate of drug-likeness (QED) is 0.180. The Bertz CT molecular complexity index is 2120. The van der Waals surface area contributed by atoms with Gasteiger partial charge in [0.1, 0.15) is 12.4 Å². The molecular formula is C35H29IN2O5S. The van der Waals surface area contributed by atoms with Crippen molar-refractivity contribution in [3.05, 3.63) is 130 Å². The van der Waals surface area contributed by atoms with Crippen molar-refractivity contribution in [2.45, 2.75) is 26.5 Å². The van der Waals surface area contributed by atoms with Crippen LogP contribution in [0.3, 0.4) is 0 Å². The molecule has 0 bridgehead atoms. The Balaban J connectivity index is 1.39. The number of aromatic nitrogens is 1. The Hall–Kier alpha value is -4.22. The summed E-state index contributed by atoms with van der Waals surface area (Å²) in [7, 11) is 3.21. The third-order valence-electron chi connectivity index (χ3n) is 7.63. The van der Waals surface area contributed by atoms with Crippen molar-refractivity contribution in [2.75, 3.05) is 14.2 Å². The smallest absolute Gasteiger partial charge is 0.271 e. The molecule has 1 aromatic heterocycles. The first-order chi connectivity index (χ1) is 21.3. The number of carbonyl (C=O) groups is 1. The van der Waals surface area contributed by atoms with Crippen LogP contribution >= 0.6 is 33.9 Å². The number of carbonyl (C=O) groups excluding carboxylic acids is 1. The Morgan fingerprint density at radius 3 is 2.50 bits per heavy atom.